The summed E-state index contributed by atoms with van der Waals surface area (Å²) in [5.74, 6) is 0.470. The Morgan fingerprint density at radius 3 is 2.62 bits per heavy atom. The molecule has 1 heterocycles. The molecule has 0 radical (unpaired) electrons. The third-order valence-electron chi connectivity index (χ3n) is 3.30. The first kappa shape index (κ1) is 21.1. The summed E-state index contributed by atoms with van der Waals surface area (Å²) in [5.41, 5.74) is 7.86. The largest absolute Gasteiger partial charge is 0.490 e. The predicted octanol–water partition coefficient (Wildman–Crippen LogP) is 1.46. The number of methoxy groups -OCH3 is 1. The van der Waals surface area contributed by atoms with Crippen molar-refractivity contribution in [2.24, 2.45) is 0 Å². The molecule has 1 aromatic carbocycles. The fraction of sp³-hybridized carbons (Fsp3) is 0.389. The molecule has 26 heavy (non-hydrogen) atoms. The van der Waals surface area contributed by atoms with Crippen molar-refractivity contribution in [2.45, 2.75) is 26.3 Å². The van der Waals surface area contributed by atoms with Gasteiger partial charge in [0, 0.05) is 18.5 Å². The standard InChI is InChI=1S/C17H23N3O3.CO2/c1-11-8-12(18)16-13(19-11)6-5-7-14(16)23-10-17(2,3)20-15(21)9-22-4;2-1-3/h5-8H,9-10H2,1-4H3,(H2,18,19)(H,20,21);. The number of fused-ring (bicyclic) bond motifs is 1. The van der Waals surface area contributed by atoms with Gasteiger partial charge >= 0.3 is 6.15 Å². The van der Waals surface area contributed by atoms with Crippen LogP contribution in [0.4, 0.5) is 5.69 Å². The summed E-state index contributed by atoms with van der Waals surface area (Å²) in [7, 11) is 1.48. The first-order valence-corrected chi connectivity index (χ1v) is 7.82. The number of pyridine rings is 1. The summed E-state index contributed by atoms with van der Waals surface area (Å²) in [6.07, 6.45) is 0.250. The van der Waals surface area contributed by atoms with E-state index in [9.17, 15) is 4.79 Å². The lowest BCUT2D eigenvalue weighted by molar-refractivity contribution is -0.191. The number of ether oxygens (including phenoxy) is 2. The predicted molar refractivity (Wildman–Crippen MR) is 95.5 cm³/mol. The minimum atomic E-state index is -0.537. The molecule has 3 N–H and O–H groups in total. The number of nitrogens with zero attached hydrogens (tertiary/aromatic N) is 1. The van der Waals surface area contributed by atoms with Crippen molar-refractivity contribution in [3.8, 4) is 5.75 Å². The number of hydrogen-bond donors (Lipinski definition) is 2. The normalized spacial score (nSPS) is 10.5. The van der Waals surface area contributed by atoms with Crippen LogP contribution in [0.25, 0.3) is 10.9 Å². The Bertz CT molecular complexity index is 799. The number of benzene rings is 1. The Morgan fingerprint density at radius 2 is 2.00 bits per heavy atom. The number of nitrogens with one attached hydrogen (secondary N) is 1. The molecule has 0 aliphatic heterocycles. The van der Waals surface area contributed by atoms with E-state index in [2.05, 4.69) is 10.3 Å². The van der Waals surface area contributed by atoms with Gasteiger partial charge in [0.05, 0.1) is 16.4 Å². The Morgan fingerprint density at radius 1 is 1.35 bits per heavy atom. The zero-order valence-electron chi connectivity index (χ0n) is 15.3. The summed E-state index contributed by atoms with van der Waals surface area (Å²) in [6.45, 7) is 6.00. The molecule has 0 aliphatic carbocycles. The van der Waals surface area contributed by atoms with Crippen LogP contribution in [-0.2, 0) is 19.1 Å². The monoisotopic (exact) mass is 361 g/mol. The highest BCUT2D eigenvalue weighted by Crippen LogP contribution is 2.30. The van der Waals surface area contributed by atoms with Crippen LogP contribution in [0.5, 0.6) is 5.75 Å². The summed E-state index contributed by atoms with van der Waals surface area (Å²) in [4.78, 5) is 32.4. The highest BCUT2D eigenvalue weighted by atomic mass is 16.5. The number of carbonyl (C=O) groups is 1. The van der Waals surface area contributed by atoms with E-state index in [0.717, 1.165) is 16.6 Å². The molecule has 2 aromatic rings. The van der Waals surface area contributed by atoms with Gasteiger partial charge in [0.2, 0.25) is 5.91 Å². The van der Waals surface area contributed by atoms with E-state index >= 15 is 0 Å². The van der Waals surface area contributed by atoms with E-state index in [4.69, 9.17) is 24.8 Å². The molecule has 1 amide bonds. The van der Waals surface area contributed by atoms with E-state index in [-0.39, 0.29) is 18.7 Å². The molecule has 0 saturated carbocycles. The molecule has 140 valence electrons. The second-order valence-corrected chi connectivity index (χ2v) is 6.24. The van der Waals surface area contributed by atoms with Crippen LogP contribution in [0, 0.1) is 6.92 Å². The molecule has 0 unspecified atom stereocenters. The van der Waals surface area contributed by atoms with Crippen LogP contribution >= 0.6 is 0 Å². The average Bonchev–Trinajstić information content (AvgIpc) is 2.53. The Kier molecular flexibility index (Phi) is 7.71. The van der Waals surface area contributed by atoms with E-state index < -0.39 is 5.54 Å². The molecule has 8 nitrogen and oxygen atoms in total. The second kappa shape index (κ2) is 9.50. The average molecular weight is 361 g/mol. The van der Waals surface area contributed by atoms with E-state index in [1.807, 2.05) is 45.0 Å². The minimum absolute atomic E-state index is 0.0217. The molecule has 0 aliphatic rings. The number of nitrogens with two attached hydrogens (primary N) is 1. The maximum Gasteiger partial charge on any atom is 0.373 e. The molecule has 0 bridgehead atoms. The zero-order valence-corrected chi connectivity index (χ0v) is 15.3. The van der Waals surface area contributed by atoms with Gasteiger partial charge < -0.3 is 20.5 Å². The van der Waals surface area contributed by atoms with Crippen LogP contribution < -0.4 is 15.8 Å². The lowest BCUT2D eigenvalue weighted by Crippen LogP contribution is -2.49. The van der Waals surface area contributed by atoms with Crippen molar-refractivity contribution in [3.05, 3.63) is 30.0 Å². The van der Waals surface area contributed by atoms with Crippen LogP contribution in [0.15, 0.2) is 24.3 Å². The molecular formula is C18H23N3O5. The van der Waals surface area contributed by atoms with Crippen molar-refractivity contribution in [3.63, 3.8) is 0 Å². The fourth-order valence-corrected chi connectivity index (χ4v) is 2.38. The summed E-state index contributed by atoms with van der Waals surface area (Å²) in [6, 6.07) is 7.45. The number of carbonyl (C=O) groups excluding carboxylic acids is 3. The van der Waals surface area contributed by atoms with Gasteiger partial charge in [0.25, 0.3) is 0 Å². The summed E-state index contributed by atoms with van der Waals surface area (Å²) >= 11 is 0. The topological polar surface area (TPSA) is 121 Å². The molecule has 1 aromatic heterocycles. The van der Waals surface area contributed by atoms with Crippen LogP contribution in [-0.4, -0.2) is 42.9 Å². The molecule has 8 heteroatoms. The smallest absolute Gasteiger partial charge is 0.373 e. The van der Waals surface area contributed by atoms with Crippen molar-refractivity contribution in [1.29, 1.82) is 0 Å². The van der Waals surface area contributed by atoms with E-state index in [1.165, 1.54) is 7.11 Å². The highest BCUT2D eigenvalue weighted by Gasteiger charge is 2.22. The Hall–Kier alpha value is -2.96. The molecule has 0 fully saturated rings. The van der Waals surface area contributed by atoms with Gasteiger partial charge in [-0.15, -0.1) is 0 Å². The quantitative estimate of drug-likeness (QED) is 0.799. The summed E-state index contributed by atoms with van der Waals surface area (Å²) in [5, 5.41) is 3.65. The third-order valence-corrected chi connectivity index (χ3v) is 3.30. The minimum Gasteiger partial charge on any atom is -0.490 e. The van der Waals surface area contributed by atoms with Gasteiger partial charge in [-0.05, 0) is 39.0 Å². The SMILES string of the molecule is COCC(=O)NC(C)(C)COc1cccc2nc(C)cc(N)c12.O=C=O. The van der Waals surface area contributed by atoms with Gasteiger partial charge in [0.1, 0.15) is 19.0 Å². The van der Waals surface area contributed by atoms with Crippen LogP contribution in [0.2, 0.25) is 0 Å². The number of amides is 1. The van der Waals surface area contributed by atoms with E-state index in [1.54, 1.807) is 0 Å². The van der Waals surface area contributed by atoms with Crippen molar-refractivity contribution in [2.75, 3.05) is 26.1 Å². The number of hydrogen-bond acceptors (Lipinski definition) is 7. The Labute approximate surface area is 151 Å². The molecular weight excluding hydrogens is 338 g/mol. The van der Waals surface area contributed by atoms with Gasteiger partial charge in [-0.25, -0.2) is 0 Å². The highest BCUT2D eigenvalue weighted by molar-refractivity contribution is 5.95. The third kappa shape index (κ3) is 6.16. The maximum absolute atomic E-state index is 11.7. The van der Waals surface area contributed by atoms with Gasteiger partial charge in [0.15, 0.2) is 0 Å². The van der Waals surface area contributed by atoms with Gasteiger partial charge in [-0.2, -0.15) is 9.59 Å². The lowest BCUT2D eigenvalue weighted by Gasteiger charge is -2.26. The van der Waals surface area contributed by atoms with Crippen LogP contribution in [0.3, 0.4) is 0 Å². The first-order valence-electron chi connectivity index (χ1n) is 7.82. The van der Waals surface area contributed by atoms with Crippen molar-refractivity contribution in [1.82, 2.24) is 10.3 Å². The molecule has 0 saturated heterocycles. The number of anilines is 1. The Balaban J connectivity index is 0.00000105. The number of aryl methyl sites for hydroxylation is 1. The second-order valence-electron chi connectivity index (χ2n) is 6.24. The molecule has 2 rings (SSSR count). The van der Waals surface area contributed by atoms with Crippen LogP contribution in [0.1, 0.15) is 19.5 Å². The number of nitrogen functional groups attached to an aromatic ring is 1. The molecule has 0 spiro atoms. The van der Waals surface area contributed by atoms with Gasteiger partial charge in [-0.1, -0.05) is 6.07 Å². The summed E-state index contributed by atoms with van der Waals surface area (Å²) < 4.78 is 10.7. The fourth-order valence-electron chi connectivity index (χ4n) is 2.38. The van der Waals surface area contributed by atoms with E-state index in [0.29, 0.717) is 18.0 Å². The van der Waals surface area contributed by atoms with Gasteiger partial charge in [-0.3, -0.25) is 9.78 Å². The van der Waals surface area contributed by atoms with Crippen molar-refractivity contribution < 1.29 is 23.9 Å². The van der Waals surface area contributed by atoms with Crippen molar-refractivity contribution >= 4 is 28.6 Å². The first-order chi connectivity index (χ1) is 12.2. The number of rotatable bonds is 6. The maximum atomic E-state index is 11.7. The zero-order chi connectivity index (χ0) is 19.7. The lowest BCUT2D eigenvalue weighted by atomic mass is 10.1. The number of aromatic nitrogens is 1. The molecule has 0 atom stereocenters.